The maximum Gasteiger partial charge on any atom is 0.416 e. The molecule has 0 spiro atoms. The fourth-order valence-corrected chi connectivity index (χ4v) is 1.81. The van der Waals surface area contributed by atoms with E-state index in [0.717, 1.165) is 12.1 Å². The molecule has 0 saturated heterocycles. The summed E-state index contributed by atoms with van der Waals surface area (Å²) in [4.78, 5) is 7.61. The van der Waals surface area contributed by atoms with Crippen molar-refractivity contribution < 1.29 is 13.2 Å². The number of alkyl halides is 3. The maximum atomic E-state index is 12.6. The van der Waals surface area contributed by atoms with Crippen LogP contribution in [0.2, 0.25) is 10.3 Å². The maximum absolute atomic E-state index is 12.6. The zero-order chi connectivity index (χ0) is 13.3. The predicted octanol–water partition coefficient (Wildman–Crippen LogP) is 4.47. The van der Waals surface area contributed by atoms with E-state index in [-0.39, 0.29) is 21.6 Å². The zero-order valence-electron chi connectivity index (χ0n) is 8.67. The summed E-state index contributed by atoms with van der Waals surface area (Å²) in [6.45, 7) is 0. The van der Waals surface area contributed by atoms with Gasteiger partial charge >= 0.3 is 6.18 Å². The summed E-state index contributed by atoms with van der Waals surface area (Å²) >= 11 is 11.4. The minimum Gasteiger partial charge on any atom is -0.250 e. The highest BCUT2D eigenvalue weighted by atomic mass is 35.5. The van der Waals surface area contributed by atoms with Crippen LogP contribution in [-0.4, -0.2) is 9.97 Å². The van der Waals surface area contributed by atoms with Crippen LogP contribution in [0.5, 0.6) is 0 Å². The molecule has 0 aliphatic heterocycles. The Labute approximate surface area is 110 Å². The minimum atomic E-state index is -4.41. The van der Waals surface area contributed by atoms with Gasteiger partial charge in [-0.05, 0) is 12.1 Å². The van der Waals surface area contributed by atoms with E-state index in [2.05, 4.69) is 9.97 Å². The first-order valence-electron chi connectivity index (χ1n) is 4.73. The molecule has 2 rings (SSSR count). The summed E-state index contributed by atoms with van der Waals surface area (Å²) in [5.74, 6) is 0. The van der Waals surface area contributed by atoms with Gasteiger partial charge in [-0.3, -0.25) is 0 Å². The third kappa shape index (κ3) is 2.73. The van der Waals surface area contributed by atoms with Crippen LogP contribution in [0.1, 0.15) is 5.56 Å². The van der Waals surface area contributed by atoms with Crippen molar-refractivity contribution in [2.75, 3.05) is 0 Å². The quantitative estimate of drug-likeness (QED) is 0.775. The predicted molar refractivity (Wildman–Crippen MR) is 62.5 cm³/mol. The van der Waals surface area contributed by atoms with Crippen molar-refractivity contribution in [1.29, 1.82) is 0 Å². The van der Waals surface area contributed by atoms with E-state index in [9.17, 15) is 13.2 Å². The Morgan fingerprint density at radius 2 is 1.83 bits per heavy atom. The Balaban J connectivity index is 2.51. The molecule has 0 bridgehead atoms. The molecule has 7 heteroatoms. The zero-order valence-corrected chi connectivity index (χ0v) is 10.2. The van der Waals surface area contributed by atoms with Gasteiger partial charge in [0.15, 0.2) is 5.15 Å². The van der Waals surface area contributed by atoms with E-state index < -0.39 is 11.7 Å². The van der Waals surface area contributed by atoms with Crippen LogP contribution in [0.25, 0.3) is 11.3 Å². The van der Waals surface area contributed by atoms with Crippen LogP contribution in [0.3, 0.4) is 0 Å². The van der Waals surface area contributed by atoms with Crippen molar-refractivity contribution in [3.8, 4) is 11.3 Å². The number of rotatable bonds is 1. The Bertz CT molecular complexity index is 585. The molecule has 0 radical (unpaired) electrons. The molecule has 0 amide bonds. The summed E-state index contributed by atoms with van der Waals surface area (Å²) in [7, 11) is 0. The van der Waals surface area contributed by atoms with Crippen LogP contribution >= 0.6 is 23.2 Å². The van der Waals surface area contributed by atoms with Crippen molar-refractivity contribution >= 4 is 23.2 Å². The lowest BCUT2D eigenvalue weighted by Crippen LogP contribution is -2.04. The lowest BCUT2D eigenvalue weighted by molar-refractivity contribution is -0.137. The van der Waals surface area contributed by atoms with Gasteiger partial charge in [0.05, 0.1) is 11.8 Å². The highest BCUT2D eigenvalue weighted by Gasteiger charge is 2.30. The summed E-state index contributed by atoms with van der Waals surface area (Å²) < 4.78 is 37.7. The average Bonchev–Trinajstić information content (AvgIpc) is 2.28. The number of hydrogen-bond acceptors (Lipinski definition) is 2. The number of hydrogen-bond donors (Lipinski definition) is 0. The van der Waals surface area contributed by atoms with Gasteiger partial charge in [-0.2, -0.15) is 13.2 Å². The molecule has 0 aliphatic rings. The van der Waals surface area contributed by atoms with Gasteiger partial charge in [0.1, 0.15) is 10.8 Å². The van der Waals surface area contributed by atoms with E-state index in [1.54, 1.807) is 0 Å². The Hall–Kier alpha value is -1.33. The first kappa shape index (κ1) is 13.1. The Morgan fingerprint density at radius 3 is 2.44 bits per heavy atom. The highest BCUT2D eigenvalue weighted by molar-refractivity contribution is 6.33. The summed E-state index contributed by atoms with van der Waals surface area (Å²) in [5.41, 5.74) is -0.376. The number of aromatic nitrogens is 2. The highest BCUT2D eigenvalue weighted by Crippen LogP contribution is 2.33. The second-order valence-corrected chi connectivity index (χ2v) is 4.16. The van der Waals surface area contributed by atoms with Crippen molar-refractivity contribution in [3.63, 3.8) is 0 Å². The molecule has 0 saturated carbocycles. The van der Waals surface area contributed by atoms with Crippen molar-refractivity contribution in [2.24, 2.45) is 0 Å². The van der Waals surface area contributed by atoms with Crippen molar-refractivity contribution in [3.05, 3.63) is 46.3 Å². The lowest BCUT2D eigenvalue weighted by atomic mass is 10.1. The fraction of sp³-hybridized carbons (Fsp3) is 0.0909. The molecule has 0 atom stereocenters. The van der Waals surface area contributed by atoms with Gasteiger partial charge in [-0.25, -0.2) is 9.97 Å². The number of halogens is 5. The van der Waals surface area contributed by atoms with Crippen molar-refractivity contribution in [2.45, 2.75) is 6.18 Å². The molecule has 2 aromatic rings. The topological polar surface area (TPSA) is 25.8 Å². The molecule has 1 aromatic heterocycles. The van der Waals surface area contributed by atoms with E-state index in [0.29, 0.717) is 0 Å². The van der Waals surface area contributed by atoms with E-state index in [1.807, 2.05) is 0 Å². The molecule has 18 heavy (non-hydrogen) atoms. The average molecular weight is 293 g/mol. The van der Waals surface area contributed by atoms with Gasteiger partial charge in [-0.15, -0.1) is 0 Å². The summed E-state index contributed by atoms with van der Waals surface area (Å²) in [6, 6.07) is 4.69. The normalized spacial score (nSPS) is 11.6. The summed E-state index contributed by atoms with van der Waals surface area (Å²) in [5, 5.41) is 0.0394. The van der Waals surface area contributed by atoms with Crippen LogP contribution in [0.4, 0.5) is 13.2 Å². The molecule has 1 heterocycles. The fourth-order valence-electron chi connectivity index (χ4n) is 1.38. The molecule has 2 nitrogen and oxygen atoms in total. The van der Waals surface area contributed by atoms with Gasteiger partial charge < -0.3 is 0 Å². The van der Waals surface area contributed by atoms with Gasteiger partial charge in [-0.1, -0.05) is 35.3 Å². The number of nitrogens with zero attached hydrogens (tertiary/aromatic N) is 2. The number of benzene rings is 1. The largest absolute Gasteiger partial charge is 0.416 e. The third-order valence-electron chi connectivity index (χ3n) is 2.16. The molecule has 94 valence electrons. The van der Waals surface area contributed by atoms with Gasteiger partial charge in [0.2, 0.25) is 0 Å². The summed E-state index contributed by atoms with van der Waals surface area (Å²) in [6.07, 6.45) is -3.19. The molecule has 0 fully saturated rings. The van der Waals surface area contributed by atoms with Crippen LogP contribution in [-0.2, 0) is 6.18 Å². The van der Waals surface area contributed by atoms with E-state index in [4.69, 9.17) is 23.2 Å². The molecular formula is C11H5Cl2F3N2. The van der Waals surface area contributed by atoms with Crippen LogP contribution < -0.4 is 0 Å². The first-order valence-corrected chi connectivity index (χ1v) is 5.49. The lowest BCUT2D eigenvalue weighted by Gasteiger charge is -2.09. The monoisotopic (exact) mass is 292 g/mol. The minimum absolute atomic E-state index is 0.0400. The molecule has 0 aliphatic carbocycles. The second-order valence-electron chi connectivity index (χ2n) is 3.41. The van der Waals surface area contributed by atoms with Crippen LogP contribution in [0.15, 0.2) is 30.5 Å². The molecular weight excluding hydrogens is 288 g/mol. The first-order chi connectivity index (χ1) is 8.38. The SMILES string of the molecule is FC(F)(F)c1cccc(-c2ncc(Cl)nc2Cl)c1. The third-order valence-corrected chi connectivity index (χ3v) is 2.61. The van der Waals surface area contributed by atoms with E-state index in [1.165, 1.54) is 18.3 Å². The molecule has 0 unspecified atom stereocenters. The second kappa shape index (κ2) is 4.74. The van der Waals surface area contributed by atoms with Gasteiger partial charge in [0.25, 0.3) is 0 Å². The molecule has 0 N–H and O–H groups in total. The smallest absolute Gasteiger partial charge is 0.250 e. The Kier molecular flexibility index (Phi) is 3.45. The van der Waals surface area contributed by atoms with E-state index >= 15 is 0 Å². The van der Waals surface area contributed by atoms with Crippen LogP contribution in [0, 0.1) is 0 Å². The van der Waals surface area contributed by atoms with Gasteiger partial charge in [0, 0.05) is 5.56 Å². The Morgan fingerprint density at radius 1 is 1.11 bits per heavy atom. The van der Waals surface area contributed by atoms with Crippen molar-refractivity contribution in [1.82, 2.24) is 9.97 Å². The standard InChI is InChI=1S/C11H5Cl2F3N2/c12-8-5-17-9(10(13)18-8)6-2-1-3-7(4-6)11(14,15)16/h1-5H. The molecule has 1 aromatic carbocycles.